The first-order valence-corrected chi connectivity index (χ1v) is 5.27. The van der Waals surface area contributed by atoms with Crippen molar-refractivity contribution in [1.82, 2.24) is 0 Å². The van der Waals surface area contributed by atoms with Crippen LogP contribution >= 0.6 is 11.6 Å². The van der Waals surface area contributed by atoms with Crippen molar-refractivity contribution < 1.29 is 9.53 Å². The number of nitrogens with zero attached hydrogens (tertiary/aromatic N) is 1. The van der Waals surface area contributed by atoms with E-state index in [1.54, 1.807) is 45.0 Å². The van der Waals surface area contributed by atoms with Gasteiger partial charge in [0.15, 0.2) is 0 Å². The first-order chi connectivity index (χ1) is 7.37. The zero-order valence-electron chi connectivity index (χ0n) is 9.53. The molecule has 0 heterocycles. The van der Waals surface area contributed by atoms with Gasteiger partial charge in [-0.15, -0.1) is 0 Å². The number of hydrogen-bond donors (Lipinski definition) is 0. The Kier molecular flexibility index (Phi) is 4.07. The number of carbonyl (C=O) groups is 1. The molecular weight excluding hydrogens is 226 g/mol. The molecule has 0 atom stereocenters. The number of esters is 1. The van der Waals surface area contributed by atoms with Gasteiger partial charge in [-0.1, -0.05) is 17.7 Å². The Balaban J connectivity index is 2.64. The van der Waals surface area contributed by atoms with E-state index in [-0.39, 0.29) is 0 Å². The average molecular weight is 240 g/mol. The van der Waals surface area contributed by atoms with Gasteiger partial charge in [-0.25, -0.2) is 9.79 Å². The smallest absolute Gasteiger partial charge is 0.349 e. The van der Waals surface area contributed by atoms with Gasteiger partial charge in [0.05, 0.1) is 5.69 Å². The first-order valence-electron chi connectivity index (χ1n) is 4.89. The third kappa shape index (κ3) is 4.94. The highest BCUT2D eigenvalue weighted by atomic mass is 35.5. The molecule has 0 aromatic heterocycles. The second-order valence-electron chi connectivity index (χ2n) is 4.27. The van der Waals surface area contributed by atoms with E-state index in [1.165, 1.54) is 0 Å². The summed E-state index contributed by atoms with van der Waals surface area (Å²) in [5.41, 5.74) is 0.121. The van der Waals surface area contributed by atoms with Gasteiger partial charge in [0.2, 0.25) is 0 Å². The van der Waals surface area contributed by atoms with Crippen molar-refractivity contribution in [3.8, 4) is 0 Å². The highest BCUT2D eigenvalue weighted by Gasteiger charge is 2.14. The van der Waals surface area contributed by atoms with Crippen LogP contribution in [0.3, 0.4) is 0 Å². The Morgan fingerprint density at radius 1 is 1.44 bits per heavy atom. The molecule has 0 aliphatic heterocycles. The van der Waals surface area contributed by atoms with Crippen LogP contribution in [0.2, 0.25) is 5.02 Å². The highest BCUT2D eigenvalue weighted by Crippen LogP contribution is 2.17. The lowest BCUT2D eigenvalue weighted by Gasteiger charge is -2.17. The molecule has 1 rings (SSSR count). The standard InChI is InChI=1S/C12H14ClNO2/c1-12(2,3)16-11(15)8-14-10-6-4-5-9(13)7-10/h4-8H,1-3H3. The molecule has 0 amide bonds. The Bertz CT molecular complexity index is 408. The van der Waals surface area contributed by atoms with E-state index in [0.29, 0.717) is 10.7 Å². The third-order valence-corrected chi connectivity index (χ3v) is 1.77. The van der Waals surface area contributed by atoms with Gasteiger partial charge < -0.3 is 4.74 Å². The van der Waals surface area contributed by atoms with E-state index in [2.05, 4.69) is 4.99 Å². The van der Waals surface area contributed by atoms with Crippen LogP contribution in [0.4, 0.5) is 5.69 Å². The van der Waals surface area contributed by atoms with Crippen LogP contribution in [-0.2, 0) is 9.53 Å². The van der Waals surface area contributed by atoms with Crippen LogP contribution in [0, 0.1) is 0 Å². The van der Waals surface area contributed by atoms with Crippen molar-refractivity contribution in [2.45, 2.75) is 26.4 Å². The molecule has 0 aliphatic rings. The van der Waals surface area contributed by atoms with E-state index >= 15 is 0 Å². The van der Waals surface area contributed by atoms with Crippen LogP contribution in [0.15, 0.2) is 29.3 Å². The normalized spacial score (nSPS) is 11.8. The van der Waals surface area contributed by atoms with E-state index in [9.17, 15) is 4.79 Å². The molecule has 0 fully saturated rings. The fourth-order valence-corrected chi connectivity index (χ4v) is 1.20. The number of aliphatic imine (C=N–C) groups is 1. The molecule has 4 heteroatoms. The monoisotopic (exact) mass is 239 g/mol. The van der Waals surface area contributed by atoms with Gasteiger partial charge in [0, 0.05) is 5.02 Å². The summed E-state index contributed by atoms with van der Waals surface area (Å²) in [5.74, 6) is -0.465. The minimum atomic E-state index is -0.503. The summed E-state index contributed by atoms with van der Waals surface area (Å²) in [6, 6.07) is 6.94. The van der Waals surface area contributed by atoms with Crippen LogP contribution in [-0.4, -0.2) is 17.8 Å². The average Bonchev–Trinajstić information content (AvgIpc) is 2.12. The summed E-state index contributed by atoms with van der Waals surface area (Å²) >= 11 is 5.78. The van der Waals surface area contributed by atoms with Gasteiger partial charge in [0.25, 0.3) is 0 Å². The van der Waals surface area contributed by atoms with Gasteiger partial charge in [0.1, 0.15) is 11.8 Å². The second kappa shape index (κ2) is 5.12. The molecular formula is C12H14ClNO2. The van der Waals surface area contributed by atoms with E-state index in [1.807, 2.05) is 0 Å². The Labute approximate surface area is 100 Å². The molecule has 0 saturated heterocycles. The lowest BCUT2D eigenvalue weighted by atomic mass is 10.2. The summed E-state index contributed by atoms with van der Waals surface area (Å²) in [6.45, 7) is 5.41. The zero-order chi connectivity index (χ0) is 12.2. The summed E-state index contributed by atoms with van der Waals surface area (Å²) in [7, 11) is 0. The molecule has 1 aromatic rings. The number of ether oxygens (including phenoxy) is 1. The fraction of sp³-hybridized carbons (Fsp3) is 0.333. The van der Waals surface area contributed by atoms with E-state index in [4.69, 9.17) is 16.3 Å². The second-order valence-corrected chi connectivity index (χ2v) is 4.71. The molecule has 86 valence electrons. The zero-order valence-corrected chi connectivity index (χ0v) is 10.3. The third-order valence-electron chi connectivity index (χ3n) is 1.53. The van der Waals surface area contributed by atoms with E-state index in [0.717, 1.165) is 6.21 Å². The molecule has 0 bridgehead atoms. The SMILES string of the molecule is CC(C)(C)OC(=O)C=Nc1cccc(Cl)c1. The molecule has 0 spiro atoms. The number of carbonyl (C=O) groups excluding carboxylic acids is 1. The first kappa shape index (κ1) is 12.7. The van der Waals surface area contributed by atoms with Crippen molar-refractivity contribution in [2.24, 2.45) is 4.99 Å². The number of rotatable bonds is 2. The highest BCUT2D eigenvalue weighted by molar-refractivity contribution is 6.31. The quantitative estimate of drug-likeness (QED) is 0.586. The van der Waals surface area contributed by atoms with Crippen molar-refractivity contribution in [2.75, 3.05) is 0 Å². The fourth-order valence-electron chi connectivity index (χ4n) is 1.01. The van der Waals surface area contributed by atoms with Crippen molar-refractivity contribution in [1.29, 1.82) is 0 Å². The molecule has 1 aromatic carbocycles. The van der Waals surface area contributed by atoms with Crippen molar-refractivity contribution in [3.05, 3.63) is 29.3 Å². The minimum Gasteiger partial charge on any atom is -0.456 e. The Morgan fingerprint density at radius 3 is 2.69 bits per heavy atom. The Hall–Kier alpha value is -1.35. The number of halogens is 1. The molecule has 0 N–H and O–H groups in total. The summed E-state index contributed by atoms with van der Waals surface area (Å²) in [4.78, 5) is 15.3. The summed E-state index contributed by atoms with van der Waals surface area (Å²) in [6.07, 6.45) is 1.15. The van der Waals surface area contributed by atoms with E-state index < -0.39 is 11.6 Å². The van der Waals surface area contributed by atoms with Gasteiger partial charge in [-0.2, -0.15) is 0 Å². The van der Waals surface area contributed by atoms with Crippen LogP contribution in [0.5, 0.6) is 0 Å². The maximum Gasteiger partial charge on any atom is 0.349 e. The lowest BCUT2D eigenvalue weighted by molar-refractivity contribution is -0.145. The van der Waals surface area contributed by atoms with Crippen LogP contribution in [0.1, 0.15) is 20.8 Å². The van der Waals surface area contributed by atoms with Crippen molar-refractivity contribution >= 4 is 29.5 Å². The predicted octanol–water partition coefficient (Wildman–Crippen LogP) is 3.38. The van der Waals surface area contributed by atoms with Crippen molar-refractivity contribution in [3.63, 3.8) is 0 Å². The minimum absolute atomic E-state index is 0.465. The summed E-state index contributed by atoms with van der Waals surface area (Å²) < 4.78 is 5.07. The summed E-state index contributed by atoms with van der Waals surface area (Å²) in [5, 5.41) is 0.582. The topological polar surface area (TPSA) is 38.7 Å². The maximum atomic E-state index is 11.3. The molecule has 16 heavy (non-hydrogen) atoms. The van der Waals surface area contributed by atoms with Gasteiger partial charge >= 0.3 is 5.97 Å². The molecule has 0 unspecified atom stereocenters. The molecule has 0 saturated carbocycles. The van der Waals surface area contributed by atoms with Gasteiger partial charge in [-0.3, -0.25) is 0 Å². The number of hydrogen-bond acceptors (Lipinski definition) is 3. The lowest BCUT2D eigenvalue weighted by Crippen LogP contribution is -2.24. The predicted molar refractivity (Wildman–Crippen MR) is 65.4 cm³/mol. The number of benzene rings is 1. The largest absolute Gasteiger partial charge is 0.456 e. The van der Waals surface area contributed by atoms with Crippen LogP contribution in [0.25, 0.3) is 0 Å². The Morgan fingerprint density at radius 2 is 2.12 bits per heavy atom. The molecule has 0 radical (unpaired) electrons. The maximum absolute atomic E-state index is 11.3. The molecule has 3 nitrogen and oxygen atoms in total. The van der Waals surface area contributed by atoms with Crippen LogP contribution < -0.4 is 0 Å². The molecule has 0 aliphatic carbocycles. The van der Waals surface area contributed by atoms with Gasteiger partial charge in [-0.05, 0) is 39.0 Å².